The topological polar surface area (TPSA) is 32.3 Å². The Kier molecular flexibility index (Phi) is 6.67. The summed E-state index contributed by atoms with van der Waals surface area (Å²) in [5.74, 6) is 6.35. The van der Waals surface area contributed by atoms with Crippen molar-refractivity contribution in [3.8, 4) is 11.8 Å². The summed E-state index contributed by atoms with van der Waals surface area (Å²) in [5, 5.41) is 3.28. The Morgan fingerprint density at radius 3 is 2.94 bits per heavy atom. The molecule has 1 saturated heterocycles. The van der Waals surface area contributed by atoms with E-state index in [1.807, 2.05) is 4.90 Å². The number of hydrogen-bond acceptors (Lipinski definition) is 2. The van der Waals surface area contributed by atoms with Crippen LogP contribution in [-0.2, 0) is 4.79 Å². The smallest absolute Gasteiger partial charge is 0.223 e. The number of nitrogens with one attached hydrogen (secondary N) is 1. The Labute approximate surface area is 98.6 Å². The summed E-state index contributed by atoms with van der Waals surface area (Å²) in [7, 11) is 0. The molecule has 1 rings (SSSR count). The monoisotopic (exact) mass is 222 g/mol. The van der Waals surface area contributed by atoms with Gasteiger partial charge in [0, 0.05) is 13.0 Å². The van der Waals surface area contributed by atoms with Gasteiger partial charge in [0.1, 0.15) is 0 Å². The molecule has 0 bridgehead atoms. The van der Waals surface area contributed by atoms with Crippen molar-refractivity contribution in [3.05, 3.63) is 0 Å². The molecule has 90 valence electrons. The van der Waals surface area contributed by atoms with Gasteiger partial charge in [-0.15, -0.1) is 0 Å². The molecular weight excluding hydrogens is 200 g/mol. The lowest BCUT2D eigenvalue weighted by Crippen LogP contribution is -2.25. The highest BCUT2D eigenvalue weighted by Gasteiger charge is 2.18. The average molecular weight is 222 g/mol. The van der Waals surface area contributed by atoms with E-state index in [-0.39, 0.29) is 5.91 Å². The first kappa shape index (κ1) is 13.1. The van der Waals surface area contributed by atoms with Gasteiger partial charge < -0.3 is 10.2 Å². The van der Waals surface area contributed by atoms with Crippen LogP contribution in [0.25, 0.3) is 0 Å². The van der Waals surface area contributed by atoms with Crippen LogP contribution in [-0.4, -0.2) is 37.0 Å². The third-order valence-corrected chi connectivity index (χ3v) is 2.74. The molecule has 16 heavy (non-hydrogen) atoms. The van der Waals surface area contributed by atoms with Crippen molar-refractivity contribution in [3.63, 3.8) is 0 Å². The second-order valence-corrected chi connectivity index (χ2v) is 4.16. The highest BCUT2D eigenvalue weighted by molar-refractivity contribution is 5.78. The summed E-state index contributed by atoms with van der Waals surface area (Å²) >= 11 is 0. The molecule has 0 unspecified atom stereocenters. The summed E-state index contributed by atoms with van der Waals surface area (Å²) in [6.45, 7) is 5.48. The first-order valence-electron chi connectivity index (χ1n) is 6.29. The van der Waals surface area contributed by atoms with Crippen LogP contribution in [0.2, 0.25) is 0 Å². The number of likely N-dealkylation sites (tertiary alicyclic amines) is 1. The van der Waals surface area contributed by atoms with Crippen LogP contribution < -0.4 is 5.32 Å². The van der Waals surface area contributed by atoms with E-state index in [9.17, 15) is 4.79 Å². The van der Waals surface area contributed by atoms with Crippen LogP contribution in [0.5, 0.6) is 0 Å². The molecular formula is C13H22N2O. The lowest BCUT2D eigenvalue weighted by Gasteiger charge is -2.09. The Hall–Kier alpha value is -1.01. The fourth-order valence-electron chi connectivity index (χ4n) is 1.74. The molecule has 0 aliphatic carbocycles. The maximum atomic E-state index is 11.3. The van der Waals surface area contributed by atoms with Crippen molar-refractivity contribution in [2.24, 2.45) is 0 Å². The fraction of sp³-hybridized carbons (Fsp3) is 0.769. The SMILES string of the molecule is CCCCCNCC#CCN1CCCC1=O. The zero-order valence-corrected chi connectivity index (χ0v) is 10.2. The normalized spacial score (nSPS) is 15.1. The van der Waals surface area contributed by atoms with E-state index in [0.717, 1.165) is 26.1 Å². The average Bonchev–Trinajstić information content (AvgIpc) is 2.68. The number of hydrogen-bond donors (Lipinski definition) is 1. The molecule has 1 heterocycles. The molecule has 0 radical (unpaired) electrons. The predicted octanol–water partition coefficient (Wildman–Crippen LogP) is 1.39. The Balaban J connectivity index is 1.98. The molecule has 1 aliphatic rings. The first-order valence-corrected chi connectivity index (χ1v) is 6.29. The van der Waals surface area contributed by atoms with E-state index in [4.69, 9.17) is 0 Å². The molecule has 0 spiro atoms. The summed E-state index contributed by atoms with van der Waals surface area (Å²) in [6, 6.07) is 0. The lowest BCUT2D eigenvalue weighted by atomic mass is 10.2. The zero-order valence-electron chi connectivity index (χ0n) is 10.2. The van der Waals surface area contributed by atoms with Gasteiger partial charge >= 0.3 is 0 Å². The molecule has 1 N–H and O–H groups in total. The van der Waals surface area contributed by atoms with Gasteiger partial charge in [0.2, 0.25) is 5.91 Å². The summed E-state index contributed by atoms with van der Waals surface area (Å²) in [5.41, 5.74) is 0. The number of rotatable bonds is 6. The van der Waals surface area contributed by atoms with Crippen LogP contribution >= 0.6 is 0 Å². The summed E-state index contributed by atoms with van der Waals surface area (Å²) in [6.07, 6.45) is 5.46. The number of carbonyl (C=O) groups excluding carboxylic acids is 1. The van der Waals surface area contributed by atoms with Crippen LogP contribution in [0.4, 0.5) is 0 Å². The maximum Gasteiger partial charge on any atom is 0.223 e. The highest BCUT2D eigenvalue weighted by atomic mass is 16.2. The van der Waals surface area contributed by atoms with E-state index in [1.54, 1.807) is 0 Å². The molecule has 3 nitrogen and oxygen atoms in total. The Bertz CT molecular complexity index is 265. The van der Waals surface area contributed by atoms with Gasteiger partial charge in [-0.1, -0.05) is 31.6 Å². The van der Waals surface area contributed by atoms with Gasteiger partial charge in [0.05, 0.1) is 13.1 Å². The molecule has 1 aliphatic heterocycles. The number of unbranched alkanes of at least 4 members (excludes halogenated alkanes) is 2. The number of amides is 1. The van der Waals surface area contributed by atoms with E-state index in [0.29, 0.717) is 13.0 Å². The third-order valence-electron chi connectivity index (χ3n) is 2.74. The lowest BCUT2D eigenvalue weighted by molar-refractivity contribution is -0.127. The minimum absolute atomic E-state index is 0.255. The quantitative estimate of drug-likeness (QED) is 0.544. The van der Waals surface area contributed by atoms with Crippen LogP contribution in [0, 0.1) is 11.8 Å². The molecule has 3 heteroatoms. The van der Waals surface area contributed by atoms with Crippen molar-refractivity contribution in [1.82, 2.24) is 10.2 Å². The van der Waals surface area contributed by atoms with Gasteiger partial charge in [-0.05, 0) is 19.4 Å². The number of nitrogens with zero attached hydrogens (tertiary/aromatic N) is 1. The fourth-order valence-corrected chi connectivity index (χ4v) is 1.74. The first-order chi connectivity index (χ1) is 7.84. The molecule has 0 aromatic rings. The highest BCUT2D eigenvalue weighted by Crippen LogP contribution is 2.07. The third kappa shape index (κ3) is 5.18. The molecule has 1 amide bonds. The van der Waals surface area contributed by atoms with Gasteiger partial charge in [-0.3, -0.25) is 4.79 Å². The van der Waals surface area contributed by atoms with Crippen LogP contribution in [0.1, 0.15) is 39.0 Å². The molecule has 0 aromatic carbocycles. The van der Waals surface area contributed by atoms with Crippen molar-refractivity contribution in [1.29, 1.82) is 0 Å². The van der Waals surface area contributed by atoms with Gasteiger partial charge in [-0.25, -0.2) is 0 Å². The van der Waals surface area contributed by atoms with E-state index >= 15 is 0 Å². The molecule has 1 fully saturated rings. The van der Waals surface area contributed by atoms with Gasteiger partial charge in [0.15, 0.2) is 0 Å². The van der Waals surface area contributed by atoms with Gasteiger partial charge in [-0.2, -0.15) is 0 Å². The van der Waals surface area contributed by atoms with Crippen molar-refractivity contribution < 1.29 is 4.79 Å². The van der Waals surface area contributed by atoms with Crippen molar-refractivity contribution in [2.75, 3.05) is 26.2 Å². The van der Waals surface area contributed by atoms with E-state index < -0.39 is 0 Å². The second kappa shape index (κ2) is 8.18. The van der Waals surface area contributed by atoms with E-state index in [2.05, 4.69) is 24.1 Å². The van der Waals surface area contributed by atoms with Crippen molar-refractivity contribution in [2.45, 2.75) is 39.0 Å². The Morgan fingerprint density at radius 2 is 2.25 bits per heavy atom. The molecule has 0 atom stereocenters. The van der Waals surface area contributed by atoms with Crippen LogP contribution in [0.3, 0.4) is 0 Å². The number of carbonyl (C=O) groups is 1. The Morgan fingerprint density at radius 1 is 1.38 bits per heavy atom. The van der Waals surface area contributed by atoms with Crippen LogP contribution in [0.15, 0.2) is 0 Å². The zero-order chi connectivity index (χ0) is 11.6. The van der Waals surface area contributed by atoms with E-state index in [1.165, 1.54) is 19.3 Å². The van der Waals surface area contributed by atoms with Gasteiger partial charge in [0.25, 0.3) is 0 Å². The minimum atomic E-state index is 0.255. The molecule has 0 saturated carbocycles. The maximum absolute atomic E-state index is 11.3. The van der Waals surface area contributed by atoms with Crippen molar-refractivity contribution >= 4 is 5.91 Å². The standard InChI is InChI=1S/C13H22N2O/c1-2-3-4-9-14-10-5-6-11-15-12-7-8-13(15)16/h14H,2-4,7-12H2,1H3. The molecule has 0 aromatic heterocycles. The second-order valence-electron chi connectivity index (χ2n) is 4.16. The largest absolute Gasteiger partial charge is 0.332 e. The minimum Gasteiger partial charge on any atom is -0.332 e. The summed E-state index contributed by atoms with van der Waals surface area (Å²) < 4.78 is 0. The predicted molar refractivity (Wildman–Crippen MR) is 66.0 cm³/mol. The summed E-state index contributed by atoms with van der Waals surface area (Å²) in [4.78, 5) is 13.1.